The van der Waals surface area contributed by atoms with Crippen molar-refractivity contribution in [1.29, 1.82) is 0 Å². The van der Waals surface area contributed by atoms with Crippen LogP contribution in [0, 0.1) is 22.9 Å². The highest BCUT2D eigenvalue weighted by atomic mass is 19.1. The van der Waals surface area contributed by atoms with Gasteiger partial charge in [0, 0.05) is 11.1 Å². The Labute approximate surface area is 109 Å². The highest BCUT2D eigenvalue weighted by molar-refractivity contribution is 5.45. The molecule has 0 radical (unpaired) electrons. The molecule has 0 amide bonds. The first-order valence-electron chi connectivity index (χ1n) is 5.69. The molecule has 0 aliphatic rings. The standard InChI is InChI=1S/C14H12FNO3/c1-10-6-7-12(8-14(10)16(17)18)19-9-11-4-2-3-5-13(11)15/h2-8H,9H2,1H3. The third-order valence-electron chi connectivity index (χ3n) is 2.73. The Morgan fingerprint density at radius 2 is 2.00 bits per heavy atom. The summed E-state index contributed by atoms with van der Waals surface area (Å²) < 4.78 is 18.8. The second-order valence-corrected chi connectivity index (χ2v) is 4.09. The van der Waals surface area contributed by atoms with E-state index in [4.69, 9.17) is 4.74 Å². The number of ether oxygens (including phenoxy) is 1. The van der Waals surface area contributed by atoms with Crippen molar-refractivity contribution in [2.24, 2.45) is 0 Å². The van der Waals surface area contributed by atoms with Crippen LogP contribution in [0.5, 0.6) is 5.75 Å². The van der Waals surface area contributed by atoms with E-state index in [0.29, 0.717) is 16.9 Å². The molecule has 0 fully saturated rings. The van der Waals surface area contributed by atoms with Gasteiger partial charge in [-0.3, -0.25) is 10.1 Å². The molecule has 0 heterocycles. The summed E-state index contributed by atoms with van der Waals surface area (Å²) >= 11 is 0. The third kappa shape index (κ3) is 3.07. The van der Waals surface area contributed by atoms with Crippen LogP contribution in [-0.2, 0) is 6.61 Å². The lowest BCUT2D eigenvalue weighted by atomic mass is 10.2. The molecule has 2 aromatic carbocycles. The van der Waals surface area contributed by atoms with E-state index in [1.165, 1.54) is 12.1 Å². The van der Waals surface area contributed by atoms with Gasteiger partial charge in [0.2, 0.25) is 0 Å². The summed E-state index contributed by atoms with van der Waals surface area (Å²) in [5.74, 6) is -0.00957. The lowest BCUT2D eigenvalue weighted by Gasteiger charge is -2.07. The number of nitro groups is 1. The zero-order valence-electron chi connectivity index (χ0n) is 10.3. The average Bonchev–Trinajstić information content (AvgIpc) is 2.39. The Kier molecular flexibility index (Phi) is 3.75. The van der Waals surface area contributed by atoms with Gasteiger partial charge in [-0.1, -0.05) is 18.2 Å². The topological polar surface area (TPSA) is 52.4 Å². The minimum atomic E-state index is -0.467. The van der Waals surface area contributed by atoms with Crippen LogP contribution in [-0.4, -0.2) is 4.92 Å². The highest BCUT2D eigenvalue weighted by Crippen LogP contribution is 2.24. The van der Waals surface area contributed by atoms with Crippen molar-refractivity contribution in [2.45, 2.75) is 13.5 Å². The largest absolute Gasteiger partial charge is 0.489 e. The van der Waals surface area contributed by atoms with E-state index in [-0.39, 0.29) is 18.1 Å². The van der Waals surface area contributed by atoms with Gasteiger partial charge in [-0.25, -0.2) is 4.39 Å². The summed E-state index contributed by atoms with van der Waals surface area (Å²) in [7, 11) is 0. The van der Waals surface area contributed by atoms with Crippen molar-refractivity contribution >= 4 is 5.69 Å². The second-order valence-electron chi connectivity index (χ2n) is 4.09. The fraction of sp³-hybridized carbons (Fsp3) is 0.143. The summed E-state index contributed by atoms with van der Waals surface area (Å²) in [6.45, 7) is 1.69. The van der Waals surface area contributed by atoms with E-state index >= 15 is 0 Å². The number of hydrogen-bond acceptors (Lipinski definition) is 3. The molecule has 0 saturated heterocycles. The van der Waals surface area contributed by atoms with Gasteiger partial charge >= 0.3 is 0 Å². The predicted octanol–water partition coefficient (Wildman–Crippen LogP) is 3.62. The van der Waals surface area contributed by atoms with Crippen LogP contribution in [0.1, 0.15) is 11.1 Å². The maximum Gasteiger partial charge on any atom is 0.276 e. The van der Waals surface area contributed by atoms with E-state index in [9.17, 15) is 14.5 Å². The zero-order valence-corrected chi connectivity index (χ0v) is 10.3. The lowest BCUT2D eigenvalue weighted by molar-refractivity contribution is -0.385. The number of nitrogens with zero attached hydrogens (tertiary/aromatic N) is 1. The molecule has 0 bridgehead atoms. The molecule has 98 valence electrons. The molecule has 0 atom stereocenters. The van der Waals surface area contributed by atoms with E-state index in [1.54, 1.807) is 37.3 Å². The van der Waals surface area contributed by atoms with Crippen molar-refractivity contribution in [2.75, 3.05) is 0 Å². The van der Waals surface area contributed by atoms with E-state index in [1.807, 2.05) is 0 Å². The Morgan fingerprint density at radius 3 is 2.68 bits per heavy atom. The minimum Gasteiger partial charge on any atom is -0.489 e. The van der Waals surface area contributed by atoms with Crippen molar-refractivity contribution in [3.05, 3.63) is 69.5 Å². The number of nitro benzene ring substituents is 1. The summed E-state index contributed by atoms with van der Waals surface area (Å²) in [6.07, 6.45) is 0. The molecular weight excluding hydrogens is 249 g/mol. The Balaban J connectivity index is 2.14. The summed E-state index contributed by atoms with van der Waals surface area (Å²) in [5, 5.41) is 10.8. The van der Waals surface area contributed by atoms with Gasteiger partial charge in [-0.05, 0) is 25.1 Å². The fourth-order valence-electron chi connectivity index (χ4n) is 1.65. The number of hydrogen-bond donors (Lipinski definition) is 0. The van der Waals surface area contributed by atoms with Crippen molar-refractivity contribution in [1.82, 2.24) is 0 Å². The van der Waals surface area contributed by atoms with E-state index in [0.717, 1.165) is 0 Å². The normalized spacial score (nSPS) is 10.2. The maximum atomic E-state index is 13.4. The summed E-state index contributed by atoms with van der Waals surface area (Å²) in [4.78, 5) is 10.3. The fourth-order valence-corrected chi connectivity index (χ4v) is 1.65. The van der Waals surface area contributed by atoms with Gasteiger partial charge < -0.3 is 4.74 Å². The Bertz CT molecular complexity index is 613. The monoisotopic (exact) mass is 261 g/mol. The van der Waals surface area contributed by atoms with Gasteiger partial charge in [0.1, 0.15) is 18.2 Å². The second kappa shape index (κ2) is 5.48. The molecule has 0 N–H and O–H groups in total. The number of aryl methyl sites for hydroxylation is 1. The molecule has 0 saturated carbocycles. The van der Waals surface area contributed by atoms with Crippen LogP contribution in [0.25, 0.3) is 0 Å². The molecular formula is C14H12FNO3. The molecule has 2 aromatic rings. The molecule has 0 aliphatic heterocycles. The molecule has 0 spiro atoms. The molecule has 4 nitrogen and oxygen atoms in total. The number of benzene rings is 2. The number of rotatable bonds is 4. The van der Waals surface area contributed by atoms with Gasteiger partial charge in [0.05, 0.1) is 11.0 Å². The van der Waals surface area contributed by atoms with E-state index < -0.39 is 4.92 Å². The first-order valence-corrected chi connectivity index (χ1v) is 5.69. The van der Waals surface area contributed by atoms with Crippen molar-refractivity contribution in [3.8, 4) is 5.75 Å². The molecule has 5 heteroatoms. The first-order chi connectivity index (χ1) is 9.08. The molecule has 19 heavy (non-hydrogen) atoms. The summed E-state index contributed by atoms with van der Waals surface area (Å²) in [6, 6.07) is 10.8. The van der Waals surface area contributed by atoms with Gasteiger partial charge in [0.25, 0.3) is 5.69 Å². The van der Waals surface area contributed by atoms with Crippen molar-refractivity contribution < 1.29 is 14.1 Å². The molecule has 0 aliphatic carbocycles. The Morgan fingerprint density at radius 1 is 1.26 bits per heavy atom. The minimum absolute atomic E-state index is 0.00830. The van der Waals surface area contributed by atoms with Gasteiger partial charge in [0.15, 0.2) is 0 Å². The maximum absolute atomic E-state index is 13.4. The van der Waals surface area contributed by atoms with Gasteiger partial charge in [-0.2, -0.15) is 0 Å². The first kappa shape index (κ1) is 13.0. The smallest absolute Gasteiger partial charge is 0.276 e. The quantitative estimate of drug-likeness (QED) is 0.624. The van der Waals surface area contributed by atoms with Crippen LogP contribution in [0.4, 0.5) is 10.1 Å². The average molecular weight is 261 g/mol. The molecule has 0 unspecified atom stereocenters. The highest BCUT2D eigenvalue weighted by Gasteiger charge is 2.12. The van der Waals surface area contributed by atoms with Crippen LogP contribution in [0.2, 0.25) is 0 Å². The zero-order chi connectivity index (χ0) is 13.8. The lowest BCUT2D eigenvalue weighted by Crippen LogP contribution is -1.99. The van der Waals surface area contributed by atoms with Crippen LogP contribution in [0.15, 0.2) is 42.5 Å². The molecule has 2 rings (SSSR count). The van der Waals surface area contributed by atoms with Crippen LogP contribution in [0.3, 0.4) is 0 Å². The van der Waals surface area contributed by atoms with Crippen molar-refractivity contribution in [3.63, 3.8) is 0 Å². The van der Waals surface area contributed by atoms with Crippen LogP contribution >= 0.6 is 0 Å². The van der Waals surface area contributed by atoms with E-state index in [2.05, 4.69) is 0 Å². The molecule has 0 aromatic heterocycles. The summed E-state index contributed by atoms with van der Waals surface area (Å²) in [5.41, 5.74) is 0.958. The third-order valence-corrected chi connectivity index (χ3v) is 2.73. The van der Waals surface area contributed by atoms with Crippen LogP contribution < -0.4 is 4.74 Å². The SMILES string of the molecule is Cc1ccc(OCc2ccccc2F)cc1[N+](=O)[O-]. The predicted molar refractivity (Wildman–Crippen MR) is 68.6 cm³/mol. The van der Waals surface area contributed by atoms with Gasteiger partial charge in [-0.15, -0.1) is 0 Å². The number of halogens is 1. The Hall–Kier alpha value is -2.43.